The third-order valence-electron chi connectivity index (χ3n) is 3.77. The molecule has 0 radical (unpaired) electrons. The van der Waals surface area contributed by atoms with Crippen molar-refractivity contribution in [1.29, 1.82) is 0 Å². The Balaban J connectivity index is 1.55. The maximum absolute atomic E-state index is 5.12. The summed E-state index contributed by atoms with van der Waals surface area (Å²) in [6, 6.07) is 10.7. The van der Waals surface area contributed by atoms with Crippen LogP contribution in [-0.4, -0.2) is 41.1 Å². The number of halogens is 1. The van der Waals surface area contributed by atoms with E-state index in [1.165, 1.54) is 11.9 Å². The van der Waals surface area contributed by atoms with E-state index in [1.807, 2.05) is 6.07 Å². The van der Waals surface area contributed by atoms with Gasteiger partial charge in [-0.3, -0.25) is 4.90 Å². The summed E-state index contributed by atoms with van der Waals surface area (Å²) < 4.78 is 6.26. The fraction of sp³-hybridized carbons (Fsp3) is 0.375. The summed E-state index contributed by atoms with van der Waals surface area (Å²) in [5.41, 5.74) is 1.33. The van der Waals surface area contributed by atoms with Gasteiger partial charge >= 0.3 is 0 Å². The summed E-state index contributed by atoms with van der Waals surface area (Å²) in [6.45, 7) is 3.08. The minimum Gasteiger partial charge on any atom is -0.481 e. The van der Waals surface area contributed by atoms with Crippen LogP contribution in [0.2, 0.25) is 0 Å². The SMILES string of the molecule is COc1cc(NC2CCN(Cc3cccc(Br)c3)C2)ncn1. The number of methoxy groups -OCH3 is 1. The van der Waals surface area contributed by atoms with Crippen LogP contribution in [0, 0.1) is 0 Å². The van der Waals surface area contributed by atoms with E-state index < -0.39 is 0 Å². The standard InChI is InChI=1S/C16H19BrN4O/c1-22-16-8-15(18-11-19-16)20-14-5-6-21(10-14)9-12-3-2-4-13(17)7-12/h2-4,7-8,11,14H,5-6,9-10H2,1H3,(H,18,19,20). The topological polar surface area (TPSA) is 50.3 Å². The lowest BCUT2D eigenvalue weighted by atomic mass is 10.2. The zero-order chi connectivity index (χ0) is 15.4. The van der Waals surface area contributed by atoms with Crippen molar-refractivity contribution < 1.29 is 4.74 Å². The lowest BCUT2D eigenvalue weighted by Gasteiger charge is -2.17. The van der Waals surface area contributed by atoms with Gasteiger partial charge in [-0.1, -0.05) is 28.1 Å². The van der Waals surface area contributed by atoms with Crippen molar-refractivity contribution in [3.8, 4) is 5.88 Å². The van der Waals surface area contributed by atoms with Gasteiger partial charge in [-0.2, -0.15) is 0 Å². The fourth-order valence-corrected chi connectivity index (χ4v) is 3.17. The number of likely N-dealkylation sites (tertiary alicyclic amines) is 1. The minimum atomic E-state index is 0.409. The molecule has 1 unspecified atom stereocenters. The average Bonchev–Trinajstić information content (AvgIpc) is 2.94. The van der Waals surface area contributed by atoms with Gasteiger partial charge in [-0.05, 0) is 24.1 Å². The second kappa shape index (κ2) is 7.07. The van der Waals surface area contributed by atoms with Gasteiger partial charge in [-0.15, -0.1) is 0 Å². The number of hydrogen-bond acceptors (Lipinski definition) is 5. The Kier molecular flexibility index (Phi) is 4.90. The van der Waals surface area contributed by atoms with Gasteiger partial charge in [0, 0.05) is 36.2 Å². The molecule has 0 spiro atoms. The first kappa shape index (κ1) is 15.2. The summed E-state index contributed by atoms with van der Waals surface area (Å²) in [6.07, 6.45) is 2.63. The molecule has 1 saturated heterocycles. The maximum atomic E-state index is 5.12. The Morgan fingerprint density at radius 2 is 2.27 bits per heavy atom. The molecule has 1 aliphatic heterocycles. The lowest BCUT2D eigenvalue weighted by Crippen LogP contribution is -2.26. The fourth-order valence-electron chi connectivity index (χ4n) is 2.73. The quantitative estimate of drug-likeness (QED) is 0.885. The van der Waals surface area contributed by atoms with Crippen LogP contribution >= 0.6 is 15.9 Å². The smallest absolute Gasteiger partial charge is 0.218 e. The second-order valence-corrected chi connectivity index (χ2v) is 6.36. The van der Waals surface area contributed by atoms with Crippen LogP contribution in [0.1, 0.15) is 12.0 Å². The molecular weight excluding hydrogens is 344 g/mol. The molecule has 6 heteroatoms. The van der Waals surface area contributed by atoms with Crippen molar-refractivity contribution in [2.24, 2.45) is 0 Å². The Morgan fingerprint density at radius 1 is 1.36 bits per heavy atom. The highest BCUT2D eigenvalue weighted by Gasteiger charge is 2.22. The van der Waals surface area contributed by atoms with Crippen LogP contribution in [0.15, 0.2) is 41.1 Å². The number of benzene rings is 1. The number of rotatable bonds is 5. The van der Waals surface area contributed by atoms with E-state index in [1.54, 1.807) is 7.11 Å². The Bertz CT molecular complexity index is 637. The van der Waals surface area contributed by atoms with Crippen LogP contribution in [0.3, 0.4) is 0 Å². The molecule has 3 rings (SSSR count). The number of ether oxygens (including phenoxy) is 1. The Morgan fingerprint density at radius 3 is 3.09 bits per heavy atom. The lowest BCUT2D eigenvalue weighted by molar-refractivity contribution is 0.328. The number of nitrogens with one attached hydrogen (secondary N) is 1. The molecule has 1 aromatic carbocycles. The normalized spacial score (nSPS) is 18.4. The highest BCUT2D eigenvalue weighted by atomic mass is 79.9. The predicted molar refractivity (Wildman–Crippen MR) is 90.0 cm³/mol. The Hall–Kier alpha value is -1.66. The molecule has 0 saturated carbocycles. The van der Waals surface area contributed by atoms with Crippen molar-refractivity contribution in [2.45, 2.75) is 19.0 Å². The molecule has 1 atom stereocenters. The molecule has 0 bridgehead atoms. The monoisotopic (exact) mass is 362 g/mol. The predicted octanol–water partition coefficient (Wildman–Crippen LogP) is 2.93. The second-order valence-electron chi connectivity index (χ2n) is 5.44. The van der Waals surface area contributed by atoms with Crippen molar-refractivity contribution in [1.82, 2.24) is 14.9 Å². The van der Waals surface area contributed by atoms with Gasteiger partial charge in [-0.25, -0.2) is 9.97 Å². The number of nitrogens with zero attached hydrogens (tertiary/aromatic N) is 3. The summed E-state index contributed by atoms with van der Waals surface area (Å²) in [5, 5.41) is 3.46. The van der Waals surface area contributed by atoms with Crippen molar-refractivity contribution in [3.63, 3.8) is 0 Å². The van der Waals surface area contributed by atoms with Crippen molar-refractivity contribution in [3.05, 3.63) is 46.7 Å². The molecular formula is C16H19BrN4O. The summed E-state index contributed by atoms with van der Waals surface area (Å²) in [4.78, 5) is 10.7. The van der Waals surface area contributed by atoms with E-state index in [-0.39, 0.29) is 0 Å². The van der Waals surface area contributed by atoms with Gasteiger partial charge in [0.25, 0.3) is 0 Å². The average molecular weight is 363 g/mol. The highest BCUT2D eigenvalue weighted by molar-refractivity contribution is 9.10. The molecule has 22 heavy (non-hydrogen) atoms. The first-order valence-electron chi connectivity index (χ1n) is 7.32. The zero-order valence-corrected chi connectivity index (χ0v) is 14.1. The van der Waals surface area contributed by atoms with Crippen LogP contribution in [0.25, 0.3) is 0 Å². The summed E-state index contributed by atoms with van der Waals surface area (Å²) in [5.74, 6) is 1.41. The molecule has 2 aromatic rings. The maximum Gasteiger partial charge on any atom is 0.218 e. The van der Waals surface area contributed by atoms with E-state index in [9.17, 15) is 0 Å². The third-order valence-corrected chi connectivity index (χ3v) is 4.26. The van der Waals surface area contributed by atoms with E-state index in [2.05, 4.69) is 60.4 Å². The van der Waals surface area contributed by atoms with Gasteiger partial charge < -0.3 is 10.1 Å². The van der Waals surface area contributed by atoms with E-state index in [0.717, 1.165) is 36.3 Å². The molecule has 0 amide bonds. The number of aromatic nitrogens is 2. The first-order valence-corrected chi connectivity index (χ1v) is 8.11. The van der Waals surface area contributed by atoms with Gasteiger partial charge in [0.1, 0.15) is 12.1 Å². The molecule has 1 aromatic heterocycles. The summed E-state index contributed by atoms with van der Waals surface area (Å²) in [7, 11) is 1.61. The third kappa shape index (κ3) is 3.96. The molecule has 1 aliphatic rings. The molecule has 0 aliphatic carbocycles. The molecule has 1 fully saturated rings. The van der Waals surface area contributed by atoms with Gasteiger partial charge in [0.05, 0.1) is 7.11 Å². The first-order chi connectivity index (χ1) is 10.7. The highest BCUT2D eigenvalue weighted by Crippen LogP contribution is 2.19. The number of hydrogen-bond donors (Lipinski definition) is 1. The van der Waals surface area contributed by atoms with Crippen LogP contribution in [0.5, 0.6) is 5.88 Å². The summed E-state index contributed by atoms with van der Waals surface area (Å²) >= 11 is 3.52. The van der Waals surface area contributed by atoms with E-state index in [4.69, 9.17) is 4.74 Å². The largest absolute Gasteiger partial charge is 0.481 e. The minimum absolute atomic E-state index is 0.409. The molecule has 2 heterocycles. The molecule has 5 nitrogen and oxygen atoms in total. The number of anilines is 1. The molecule has 116 valence electrons. The van der Waals surface area contributed by atoms with Crippen LogP contribution in [0.4, 0.5) is 5.82 Å². The van der Waals surface area contributed by atoms with Crippen molar-refractivity contribution >= 4 is 21.7 Å². The van der Waals surface area contributed by atoms with Crippen molar-refractivity contribution in [2.75, 3.05) is 25.5 Å². The van der Waals surface area contributed by atoms with Crippen LogP contribution in [-0.2, 0) is 6.54 Å². The van der Waals surface area contributed by atoms with Gasteiger partial charge in [0.15, 0.2) is 0 Å². The van der Waals surface area contributed by atoms with Crippen LogP contribution < -0.4 is 10.1 Å². The van der Waals surface area contributed by atoms with Gasteiger partial charge in [0.2, 0.25) is 5.88 Å². The zero-order valence-electron chi connectivity index (χ0n) is 12.5. The van der Waals surface area contributed by atoms with E-state index >= 15 is 0 Å². The molecule has 1 N–H and O–H groups in total. The Labute approximate surface area is 138 Å². The van der Waals surface area contributed by atoms with E-state index in [0.29, 0.717) is 11.9 Å².